The molecule has 0 radical (unpaired) electrons. The molecule has 10 heteroatoms. The lowest BCUT2D eigenvalue weighted by atomic mass is 10.2. The van der Waals surface area contributed by atoms with Gasteiger partial charge in [-0.25, -0.2) is 8.42 Å². The van der Waals surface area contributed by atoms with Crippen molar-refractivity contribution in [2.24, 2.45) is 0 Å². The van der Waals surface area contributed by atoms with Gasteiger partial charge in [-0.2, -0.15) is 4.31 Å². The molecule has 8 nitrogen and oxygen atoms in total. The number of carbonyl (C=O) groups is 2. The molecule has 0 unspecified atom stereocenters. The van der Waals surface area contributed by atoms with Gasteiger partial charge in [0.1, 0.15) is 10.6 Å². The molecule has 156 valence electrons. The predicted octanol–water partition coefficient (Wildman–Crippen LogP) is 2.58. The average molecular weight is 483 g/mol. The molecule has 2 amide bonds. The maximum Gasteiger partial charge on any atom is 0.270 e. The van der Waals surface area contributed by atoms with E-state index in [1.807, 2.05) is 13.0 Å². The van der Waals surface area contributed by atoms with Crippen molar-refractivity contribution < 1.29 is 18.0 Å². The Morgan fingerprint density at radius 3 is 2.59 bits per heavy atom. The number of amides is 2. The van der Waals surface area contributed by atoms with Crippen LogP contribution in [0.2, 0.25) is 0 Å². The van der Waals surface area contributed by atoms with E-state index < -0.39 is 15.9 Å². The molecule has 1 saturated heterocycles. The summed E-state index contributed by atoms with van der Waals surface area (Å²) in [6.45, 7) is 2.90. The van der Waals surface area contributed by atoms with E-state index in [0.717, 1.165) is 27.2 Å². The second kappa shape index (κ2) is 8.68. The molecule has 2 heterocycles. The van der Waals surface area contributed by atoms with Crippen molar-refractivity contribution in [1.82, 2.24) is 14.2 Å². The minimum atomic E-state index is -3.91. The zero-order valence-electron chi connectivity index (χ0n) is 16.2. The van der Waals surface area contributed by atoms with Crippen LogP contribution in [0.25, 0.3) is 0 Å². The van der Waals surface area contributed by atoms with Crippen molar-refractivity contribution in [3.8, 4) is 0 Å². The van der Waals surface area contributed by atoms with Gasteiger partial charge < -0.3 is 15.2 Å². The number of rotatable bonds is 6. The number of aromatic nitrogens is 1. The van der Waals surface area contributed by atoms with E-state index in [4.69, 9.17) is 0 Å². The number of likely N-dealkylation sites (tertiary alicyclic amines) is 1. The average Bonchev–Trinajstić information content (AvgIpc) is 3.36. The van der Waals surface area contributed by atoms with E-state index >= 15 is 0 Å². The van der Waals surface area contributed by atoms with Gasteiger partial charge in [-0.05, 0) is 49.6 Å². The van der Waals surface area contributed by atoms with E-state index in [2.05, 4.69) is 26.2 Å². The van der Waals surface area contributed by atoms with Gasteiger partial charge in [-0.1, -0.05) is 15.9 Å². The van der Waals surface area contributed by atoms with Gasteiger partial charge in [0, 0.05) is 36.5 Å². The molecule has 0 bridgehead atoms. The highest BCUT2D eigenvalue weighted by atomic mass is 79.9. The van der Waals surface area contributed by atoms with Crippen LogP contribution in [-0.4, -0.2) is 61.1 Å². The molecule has 0 saturated carbocycles. The molecule has 1 aromatic heterocycles. The minimum Gasteiger partial charge on any atom is -0.356 e. The summed E-state index contributed by atoms with van der Waals surface area (Å²) in [5, 5.41) is 2.69. The SMILES string of the molecule is Cc1cc(NC(=O)CN(C)S(=O)(=O)c2c[nH]c(C(=O)N3CCCC3)c2)ccc1Br. The maximum absolute atomic E-state index is 12.8. The van der Waals surface area contributed by atoms with E-state index in [9.17, 15) is 18.0 Å². The van der Waals surface area contributed by atoms with Crippen molar-refractivity contribution in [2.45, 2.75) is 24.7 Å². The summed E-state index contributed by atoms with van der Waals surface area (Å²) in [5.74, 6) is -0.670. The molecular formula is C19H23BrN4O4S. The number of anilines is 1. The van der Waals surface area contributed by atoms with Gasteiger partial charge in [0.2, 0.25) is 15.9 Å². The number of sulfonamides is 1. The van der Waals surface area contributed by atoms with Gasteiger partial charge in [0.25, 0.3) is 5.91 Å². The molecule has 0 aliphatic carbocycles. The van der Waals surface area contributed by atoms with Crippen molar-refractivity contribution in [2.75, 3.05) is 32.0 Å². The van der Waals surface area contributed by atoms with Gasteiger partial charge in [-0.3, -0.25) is 9.59 Å². The lowest BCUT2D eigenvalue weighted by molar-refractivity contribution is -0.116. The Labute approximate surface area is 178 Å². The predicted molar refractivity (Wildman–Crippen MR) is 113 cm³/mol. The molecule has 1 aliphatic rings. The van der Waals surface area contributed by atoms with Crippen LogP contribution < -0.4 is 5.32 Å². The Morgan fingerprint density at radius 1 is 1.24 bits per heavy atom. The van der Waals surface area contributed by atoms with Crippen LogP contribution in [0.4, 0.5) is 5.69 Å². The third-order valence-electron chi connectivity index (χ3n) is 4.80. The Hall–Kier alpha value is -2.17. The first-order chi connectivity index (χ1) is 13.7. The van der Waals surface area contributed by atoms with Crippen LogP contribution in [0.5, 0.6) is 0 Å². The number of carbonyl (C=O) groups excluding carboxylic acids is 2. The van der Waals surface area contributed by atoms with Gasteiger partial charge in [-0.15, -0.1) is 0 Å². The summed E-state index contributed by atoms with van der Waals surface area (Å²) >= 11 is 3.39. The summed E-state index contributed by atoms with van der Waals surface area (Å²) in [7, 11) is -2.58. The molecule has 29 heavy (non-hydrogen) atoms. The first-order valence-electron chi connectivity index (χ1n) is 9.18. The minimum absolute atomic E-state index is 0.0465. The number of hydrogen-bond donors (Lipinski definition) is 2. The topological polar surface area (TPSA) is 103 Å². The van der Waals surface area contributed by atoms with E-state index in [1.54, 1.807) is 17.0 Å². The van der Waals surface area contributed by atoms with Crippen LogP contribution in [0, 0.1) is 6.92 Å². The first-order valence-corrected chi connectivity index (χ1v) is 11.4. The number of nitrogens with zero attached hydrogens (tertiary/aromatic N) is 2. The fourth-order valence-electron chi connectivity index (χ4n) is 3.13. The zero-order chi connectivity index (χ0) is 21.2. The first kappa shape index (κ1) is 21.5. The molecule has 1 aliphatic heterocycles. The van der Waals surface area contributed by atoms with Crippen molar-refractivity contribution in [3.05, 3.63) is 46.2 Å². The second-order valence-corrected chi connectivity index (χ2v) is 9.92. The molecule has 1 aromatic carbocycles. The molecule has 2 N–H and O–H groups in total. The van der Waals surface area contributed by atoms with Crippen LogP contribution >= 0.6 is 15.9 Å². The number of halogens is 1. The van der Waals surface area contributed by atoms with Gasteiger partial charge in [0.15, 0.2) is 0 Å². The lowest BCUT2D eigenvalue weighted by Gasteiger charge is -2.16. The summed E-state index contributed by atoms with van der Waals surface area (Å²) < 4.78 is 27.4. The van der Waals surface area contributed by atoms with E-state index in [0.29, 0.717) is 18.8 Å². The summed E-state index contributed by atoms with van der Waals surface area (Å²) in [6, 6.07) is 6.65. The highest BCUT2D eigenvalue weighted by Gasteiger charge is 2.27. The number of aromatic amines is 1. The molecule has 3 rings (SSSR count). The molecule has 1 fully saturated rings. The summed E-state index contributed by atoms with van der Waals surface area (Å²) in [6.07, 6.45) is 3.19. The number of hydrogen-bond acceptors (Lipinski definition) is 4. The lowest BCUT2D eigenvalue weighted by Crippen LogP contribution is -2.34. The Morgan fingerprint density at radius 2 is 1.93 bits per heavy atom. The van der Waals surface area contributed by atoms with Crippen molar-refractivity contribution in [1.29, 1.82) is 0 Å². The largest absolute Gasteiger partial charge is 0.356 e. The van der Waals surface area contributed by atoms with Crippen LogP contribution in [0.1, 0.15) is 28.9 Å². The third-order valence-corrected chi connectivity index (χ3v) is 7.47. The van der Waals surface area contributed by atoms with Crippen LogP contribution in [0.15, 0.2) is 39.8 Å². The van der Waals surface area contributed by atoms with Crippen LogP contribution in [0.3, 0.4) is 0 Å². The van der Waals surface area contributed by atoms with Crippen molar-refractivity contribution >= 4 is 43.5 Å². The van der Waals surface area contributed by atoms with Gasteiger partial charge in [0.05, 0.1) is 6.54 Å². The van der Waals surface area contributed by atoms with Crippen LogP contribution in [-0.2, 0) is 14.8 Å². The monoisotopic (exact) mass is 482 g/mol. The third kappa shape index (κ3) is 4.88. The Bertz CT molecular complexity index is 1030. The van der Waals surface area contributed by atoms with Gasteiger partial charge >= 0.3 is 0 Å². The molecule has 0 atom stereocenters. The standard InChI is InChI=1S/C19H23BrN4O4S/c1-13-9-14(5-6-16(13)20)22-18(25)12-23(2)29(27,28)15-10-17(21-11-15)19(26)24-7-3-4-8-24/h5-6,9-11,21H,3-4,7-8,12H2,1-2H3,(H,22,25). The normalized spacial score (nSPS) is 14.4. The number of aryl methyl sites for hydroxylation is 1. The highest BCUT2D eigenvalue weighted by Crippen LogP contribution is 2.21. The Kier molecular flexibility index (Phi) is 6.45. The quantitative estimate of drug-likeness (QED) is 0.660. The second-order valence-electron chi connectivity index (χ2n) is 7.02. The number of likely N-dealkylation sites (N-methyl/N-ethyl adjacent to an activating group) is 1. The molecule has 0 spiro atoms. The smallest absolute Gasteiger partial charge is 0.270 e. The Balaban J connectivity index is 1.66. The molecule has 2 aromatic rings. The number of nitrogens with one attached hydrogen (secondary N) is 2. The van der Waals surface area contributed by atoms with E-state index in [1.165, 1.54) is 19.3 Å². The number of benzene rings is 1. The summed E-state index contributed by atoms with van der Waals surface area (Å²) in [5.41, 5.74) is 1.77. The molecular weight excluding hydrogens is 460 g/mol. The van der Waals surface area contributed by atoms with Crippen molar-refractivity contribution in [3.63, 3.8) is 0 Å². The zero-order valence-corrected chi connectivity index (χ0v) is 18.6. The summed E-state index contributed by atoms with van der Waals surface area (Å²) in [4.78, 5) is 29.1. The van der Waals surface area contributed by atoms with E-state index in [-0.39, 0.29) is 23.0 Å². The number of H-pyrrole nitrogens is 1. The fourth-order valence-corrected chi connectivity index (χ4v) is 4.50. The maximum atomic E-state index is 12.8. The highest BCUT2D eigenvalue weighted by molar-refractivity contribution is 9.10. The fraction of sp³-hybridized carbons (Fsp3) is 0.368.